The molecule has 2 saturated carbocycles. The first-order valence-electron chi connectivity index (χ1n) is 7.64. The lowest BCUT2D eigenvalue weighted by Gasteiger charge is -2.36. The number of hydrogen-bond donors (Lipinski definition) is 1. The molecular weight excluding hydrogens is 240 g/mol. The number of nitrogens with one attached hydrogen (secondary N) is 1. The summed E-state index contributed by atoms with van der Waals surface area (Å²) in [5, 5.41) is 3.50. The van der Waals surface area contributed by atoms with Gasteiger partial charge >= 0.3 is 5.97 Å². The number of carbonyl (C=O) groups is 1. The van der Waals surface area contributed by atoms with Gasteiger partial charge in [-0.05, 0) is 57.5 Å². The standard InChI is InChI=1S/C15H28N2O2/c1-4-9-16-15(13-7-8-13,14(18)19-3)11-17(2)10-12-5-6-12/h12-13,16H,4-11H2,1-3H3. The van der Waals surface area contributed by atoms with Crippen LogP contribution in [0.4, 0.5) is 0 Å². The molecule has 2 rings (SSSR count). The maximum atomic E-state index is 12.3. The number of nitrogens with zero attached hydrogens (tertiary/aromatic N) is 1. The highest BCUT2D eigenvalue weighted by atomic mass is 16.5. The van der Waals surface area contributed by atoms with E-state index in [0.29, 0.717) is 5.92 Å². The maximum Gasteiger partial charge on any atom is 0.327 e. The molecule has 1 N–H and O–H groups in total. The van der Waals surface area contributed by atoms with E-state index in [1.165, 1.54) is 20.0 Å². The monoisotopic (exact) mass is 268 g/mol. The molecule has 0 aromatic heterocycles. The summed E-state index contributed by atoms with van der Waals surface area (Å²) in [5.74, 6) is 1.23. The molecule has 4 heteroatoms. The maximum absolute atomic E-state index is 12.3. The predicted octanol–water partition coefficient (Wildman–Crippen LogP) is 1.65. The van der Waals surface area contributed by atoms with Gasteiger partial charge in [-0.3, -0.25) is 0 Å². The lowest BCUT2D eigenvalue weighted by Crippen LogP contribution is -2.61. The van der Waals surface area contributed by atoms with Gasteiger partial charge in [0.05, 0.1) is 7.11 Å². The van der Waals surface area contributed by atoms with Crippen LogP contribution in [0.1, 0.15) is 39.0 Å². The van der Waals surface area contributed by atoms with Crippen LogP contribution in [0.5, 0.6) is 0 Å². The molecule has 0 spiro atoms. The highest BCUT2D eigenvalue weighted by molar-refractivity contribution is 5.82. The molecule has 0 heterocycles. The first kappa shape index (κ1) is 14.8. The smallest absolute Gasteiger partial charge is 0.327 e. The Morgan fingerprint density at radius 1 is 1.37 bits per heavy atom. The van der Waals surface area contributed by atoms with Gasteiger partial charge in [0.1, 0.15) is 5.54 Å². The van der Waals surface area contributed by atoms with Crippen molar-refractivity contribution in [2.24, 2.45) is 11.8 Å². The highest BCUT2D eigenvalue weighted by Gasteiger charge is 2.52. The molecule has 0 saturated heterocycles. The number of likely N-dealkylation sites (N-methyl/N-ethyl adjacent to an activating group) is 1. The molecule has 2 aliphatic rings. The van der Waals surface area contributed by atoms with Crippen molar-refractivity contribution in [3.63, 3.8) is 0 Å². The van der Waals surface area contributed by atoms with Crippen LogP contribution in [0.3, 0.4) is 0 Å². The van der Waals surface area contributed by atoms with Crippen molar-refractivity contribution >= 4 is 5.97 Å². The van der Waals surface area contributed by atoms with Crippen LogP contribution >= 0.6 is 0 Å². The molecule has 4 nitrogen and oxygen atoms in total. The number of methoxy groups -OCH3 is 1. The van der Waals surface area contributed by atoms with Crippen LogP contribution in [-0.4, -0.2) is 50.2 Å². The van der Waals surface area contributed by atoms with Gasteiger partial charge in [-0.25, -0.2) is 4.79 Å². The van der Waals surface area contributed by atoms with Crippen LogP contribution in [0.15, 0.2) is 0 Å². The van der Waals surface area contributed by atoms with Crippen molar-refractivity contribution < 1.29 is 9.53 Å². The second-order valence-corrected chi connectivity index (χ2v) is 6.30. The Hall–Kier alpha value is -0.610. The van der Waals surface area contributed by atoms with E-state index in [1.54, 1.807) is 0 Å². The van der Waals surface area contributed by atoms with Crippen LogP contribution in [0.2, 0.25) is 0 Å². The topological polar surface area (TPSA) is 41.6 Å². The lowest BCUT2D eigenvalue weighted by molar-refractivity contribution is -0.150. The third-order valence-corrected chi connectivity index (χ3v) is 4.30. The van der Waals surface area contributed by atoms with E-state index in [9.17, 15) is 4.79 Å². The molecule has 0 aromatic rings. The Morgan fingerprint density at radius 2 is 2.05 bits per heavy atom. The molecule has 0 amide bonds. The average Bonchev–Trinajstić information content (AvgIpc) is 3.25. The van der Waals surface area contributed by atoms with Crippen molar-refractivity contribution in [1.29, 1.82) is 0 Å². The minimum Gasteiger partial charge on any atom is -0.468 e. The molecule has 110 valence electrons. The van der Waals surface area contributed by atoms with Gasteiger partial charge in [0.15, 0.2) is 0 Å². The van der Waals surface area contributed by atoms with Gasteiger partial charge < -0.3 is 15.0 Å². The highest BCUT2D eigenvalue weighted by Crippen LogP contribution is 2.41. The summed E-state index contributed by atoms with van der Waals surface area (Å²) in [4.78, 5) is 14.7. The van der Waals surface area contributed by atoms with Gasteiger partial charge in [-0.1, -0.05) is 6.92 Å². The summed E-state index contributed by atoms with van der Waals surface area (Å²) in [6, 6.07) is 0. The van der Waals surface area contributed by atoms with Crippen LogP contribution in [-0.2, 0) is 9.53 Å². The van der Waals surface area contributed by atoms with E-state index < -0.39 is 5.54 Å². The molecule has 0 aromatic carbocycles. The van der Waals surface area contributed by atoms with Crippen molar-refractivity contribution in [3.05, 3.63) is 0 Å². The third-order valence-electron chi connectivity index (χ3n) is 4.30. The molecule has 0 bridgehead atoms. The van der Waals surface area contributed by atoms with E-state index in [2.05, 4.69) is 24.2 Å². The lowest BCUT2D eigenvalue weighted by atomic mass is 9.92. The molecule has 2 aliphatic carbocycles. The average molecular weight is 268 g/mol. The van der Waals surface area contributed by atoms with E-state index in [1.807, 2.05) is 0 Å². The molecule has 1 unspecified atom stereocenters. The van der Waals surface area contributed by atoms with Crippen LogP contribution in [0.25, 0.3) is 0 Å². The minimum absolute atomic E-state index is 0.0777. The van der Waals surface area contributed by atoms with Crippen LogP contribution < -0.4 is 5.32 Å². The second-order valence-electron chi connectivity index (χ2n) is 6.30. The largest absolute Gasteiger partial charge is 0.468 e. The van der Waals surface area contributed by atoms with Crippen molar-refractivity contribution in [3.8, 4) is 0 Å². The Morgan fingerprint density at radius 3 is 2.53 bits per heavy atom. The van der Waals surface area contributed by atoms with Crippen molar-refractivity contribution in [2.45, 2.75) is 44.6 Å². The number of carbonyl (C=O) groups excluding carboxylic acids is 1. The fourth-order valence-corrected chi connectivity index (χ4v) is 2.97. The molecule has 0 radical (unpaired) electrons. The number of esters is 1. The summed E-state index contributed by atoms with van der Waals surface area (Å²) >= 11 is 0. The Balaban J connectivity index is 2.03. The number of ether oxygens (including phenoxy) is 1. The third kappa shape index (κ3) is 3.69. The SMILES string of the molecule is CCCNC(CN(C)CC1CC1)(C(=O)OC)C1CC1. The van der Waals surface area contributed by atoms with Crippen LogP contribution in [0, 0.1) is 11.8 Å². The molecule has 19 heavy (non-hydrogen) atoms. The number of rotatable bonds is 9. The van der Waals surface area contributed by atoms with Gasteiger partial charge in [0, 0.05) is 13.1 Å². The zero-order chi connectivity index (χ0) is 13.9. The quantitative estimate of drug-likeness (QED) is 0.646. The van der Waals surface area contributed by atoms with Gasteiger partial charge in [-0.2, -0.15) is 0 Å². The molecule has 2 fully saturated rings. The molecule has 0 aliphatic heterocycles. The summed E-state index contributed by atoms with van der Waals surface area (Å²) < 4.78 is 5.11. The summed E-state index contributed by atoms with van der Waals surface area (Å²) in [5.41, 5.74) is -0.478. The summed E-state index contributed by atoms with van der Waals surface area (Å²) in [6.45, 7) is 4.90. The summed E-state index contributed by atoms with van der Waals surface area (Å²) in [6.07, 6.45) is 6.02. The van der Waals surface area contributed by atoms with Crippen molar-refractivity contribution in [1.82, 2.24) is 10.2 Å². The zero-order valence-electron chi connectivity index (χ0n) is 12.6. The minimum atomic E-state index is -0.478. The normalized spacial score (nSPS) is 22.3. The van der Waals surface area contributed by atoms with Crippen molar-refractivity contribution in [2.75, 3.05) is 33.8 Å². The number of hydrogen-bond acceptors (Lipinski definition) is 4. The fraction of sp³-hybridized carbons (Fsp3) is 0.933. The summed E-state index contributed by atoms with van der Waals surface area (Å²) in [7, 11) is 3.64. The Kier molecular flexibility index (Phi) is 4.85. The first-order valence-corrected chi connectivity index (χ1v) is 7.64. The molecule has 1 atom stereocenters. The van der Waals surface area contributed by atoms with Gasteiger partial charge in [-0.15, -0.1) is 0 Å². The van der Waals surface area contributed by atoms with E-state index in [4.69, 9.17) is 4.74 Å². The second kappa shape index (κ2) is 6.23. The first-order chi connectivity index (χ1) is 9.12. The van der Waals surface area contributed by atoms with E-state index in [0.717, 1.165) is 44.8 Å². The molecular formula is C15H28N2O2. The predicted molar refractivity (Wildman–Crippen MR) is 76.0 cm³/mol. The van der Waals surface area contributed by atoms with Gasteiger partial charge in [0.2, 0.25) is 0 Å². The van der Waals surface area contributed by atoms with Gasteiger partial charge in [0.25, 0.3) is 0 Å². The zero-order valence-corrected chi connectivity index (χ0v) is 12.6. The Labute approximate surface area is 116 Å². The van der Waals surface area contributed by atoms with E-state index in [-0.39, 0.29) is 5.97 Å². The van der Waals surface area contributed by atoms with E-state index >= 15 is 0 Å². The Bertz CT molecular complexity index is 313. The fourth-order valence-electron chi connectivity index (χ4n) is 2.97.